The van der Waals surface area contributed by atoms with Crippen molar-refractivity contribution >= 4 is 27.3 Å². The van der Waals surface area contributed by atoms with Crippen molar-refractivity contribution in [3.63, 3.8) is 0 Å². The van der Waals surface area contributed by atoms with E-state index in [1.807, 2.05) is 0 Å². The van der Waals surface area contributed by atoms with Crippen molar-refractivity contribution in [2.45, 2.75) is 61.9 Å². The van der Waals surface area contributed by atoms with Crippen LogP contribution in [-0.4, -0.2) is 24.8 Å². The topological polar surface area (TPSA) is 114 Å². The Morgan fingerprint density at radius 3 is 2.36 bits per heavy atom. The summed E-state index contributed by atoms with van der Waals surface area (Å²) >= 11 is 0. The smallest absolute Gasteiger partial charge is 0.261 e. The Balaban J connectivity index is 1.47. The predicted octanol–water partition coefficient (Wildman–Crippen LogP) is 5.17. The quantitative estimate of drug-likeness (QED) is 0.312. The molecule has 0 atom stereocenters. The molecule has 1 heterocycles. The number of nitrogens with zero attached hydrogens (tertiary/aromatic N) is 1. The molecule has 3 aromatic rings. The Kier molecular flexibility index (Phi) is 6.88. The van der Waals surface area contributed by atoms with E-state index in [1.54, 1.807) is 13.0 Å². The molecule has 2 aromatic carbocycles. The van der Waals surface area contributed by atoms with Gasteiger partial charge in [-0.1, -0.05) is 6.07 Å². The largest absolute Gasteiger partial charge is 0.366 e. The standard InChI is InChI=1S/C27H26F4N4O3S/c1-27(8-2-9-27)35-39(37,38)26-22(30)16(7-10-33-26)11-17-12-18(25(32)36)24(23(31)21(17)29)34-20-6-5-15(13-19(20)28)14-3-4-14/h5-7,10,12-14,34-35H,2-4,8-9,11H2,1H3,(H2,32,36). The van der Waals surface area contributed by atoms with Crippen LogP contribution in [0.15, 0.2) is 41.6 Å². The molecule has 2 aliphatic rings. The van der Waals surface area contributed by atoms with E-state index in [4.69, 9.17) is 5.73 Å². The summed E-state index contributed by atoms with van der Waals surface area (Å²) < 4.78 is 88.4. The molecular weight excluding hydrogens is 536 g/mol. The molecule has 0 spiro atoms. The van der Waals surface area contributed by atoms with Crippen LogP contribution in [0.5, 0.6) is 0 Å². The molecule has 1 amide bonds. The molecule has 2 fully saturated rings. The van der Waals surface area contributed by atoms with Gasteiger partial charge in [-0.05, 0) is 85.9 Å². The van der Waals surface area contributed by atoms with Crippen LogP contribution in [0, 0.1) is 23.3 Å². The molecule has 0 unspecified atom stereocenters. The number of primary amides is 1. The molecule has 0 radical (unpaired) electrons. The Morgan fingerprint density at radius 1 is 1.05 bits per heavy atom. The van der Waals surface area contributed by atoms with Crippen molar-refractivity contribution in [3.05, 3.63) is 82.1 Å². The van der Waals surface area contributed by atoms with Gasteiger partial charge in [0.15, 0.2) is 17.5 Å². The van der Waals surface area contributed by atoms with Gasteiger partial charge >= 0.3 is 0 Å². The van der Waals surface area contributed by atoms with Gasteiger partial charge in [0.1, 0.15) is 5.82 Å². The lowest BCUT2D eigenvalue weighted by molar-refractivity contribution is 0.100. The first-order chi connectivity index (χ1) is 18.4. The third-order valence-electron chi connectivity index (χ3n) is 7.26. The number of halogens is 4. The zero-order chi connectivity index (χ0) is 28.1. The number of benzene rings is 2. The average Bonchev–Trinajstić information content (AvgIpc) is 3.70. The van der Waals surface area contributed by atoms with E-state index in [-0.39, 0.29) is 17.2 Å². The summed E-state index contributed by atoms with van der Waals surface area (Å²) in [5.74, 6) is -5.76. The van der Waals surface area contributed by atoms with Crippen LogP contribution in [0.25, 0.3) is 0 Å². The molecule has 39 heavy (non-hydrogen) atoms. The normalized spacial score (nSPS) is 16.5. The van der Waals surface area contributed by atoms with E-state index in [0.717, 1.165) is 43.2 Å². The highest BCUT2D eigenvalue weighted by Crippen LogP contribution is 2.41. The Hall–Kier alpha value is -3.51. The second-order valence-corrected chi connectivity index (χ2v) is 12.0. The fourth-order valence-corrected chi connectivity index (χ4v) is 6.25. The minimum atomic E-state index is -4.34. The number of pyridine rings is 1. The number of carbonyl (C=O) groups excluding carboxylic acids is 1. The van der Waals surface area contributed by atoms with Crippen molar-refractivity contribution in [2.24, 2.45) is 5.73 Å². The predicted molar refractivity (Wildman–Crippen MR) is 136 cm³/mol. The maximum Gasteiger partial charge on any atom is 0.261 e. The summed E-state index contributed by atoms with van der Waals surface area (Å²) in [6.45, 7) is 1.70. The Bertz CT molecular complexity index is 1590. The van der Waals surface area contributed by atoms with E-state index < -0.39 is 73.0 Å². The number of amides is 1. The van der Waals surface area contributed by atoms with Crippen molar-refractivity contribution in [2.75, 3.05) is 5.32 Å². The number of hydrogen-bond acceptors (Lipinski definition) is 5. The number of rotatable bonds is 9. The third-order valence-corrected chi connectivity index (χ3v) is 8.81. The van der Waals surface area contributed by atoms with Crippen LogP contribution in [0.3, 0.4) is 0 Å². The molecular formula is C27H26F4N4O3S. The van der Waals surface area contributed by atoms with Crippen LogP contribution in [0.4, 0.5) is 28.9 Å². The molecule has 0 saturated heterocycles. The summed E-state index contributed by atoms with van der Waals surface area (Å²) in [7, 11) is -4.34. The fourth-order valence-electron chi connectivity index (χ4n) is 4.73. The van der Waals surface area contributed by atoms with Gasteiger partial charge in [-0.25, -0.2) is 35.7 Å². The summed E-state index contributed by atoms with van der Waals surface area (Å²) in [6.07, 6.45) is 4.32. The number of sulfonamides is 1. The molecule has 12 heteroatoms. The minimum absolute atomic E-state index is 0.185. The molecule has 7 nitrogen and oxygen atoms in total. The van der Waals surface area contributed by atoms with E-state index >= 15 is 13.2 Å². The zero-order valence-corrected chi connectivity index (χ0v) is 21.8. The van der Waals surface area contributed by atoms with Crippen molar-refractivity contribution in [3.8, 4) is 0 Å². The maximum atomic E-state index is 15.3. The van der Waals surface area contributed by atoms with Gasteiger partial charge in [-0.15, -0.1) is 0 Å². The van der Waals surface area contributed by atoms with Gasteiger partial charge < -0.3 is 11.1 Å². The summed E-state index contributed by atoms with van der Waals surface area (Å²) in [5.41, 5.74) is 3.40. The van der Waals surface area contributed by atoms with Crippen LogP contribution in [0.1, 0.15) is 72.0 Å². The number of aromatic nitrogens is 1. The first kappa shape index (κ1) is 27.1. The van der Waals surface area contributed by atoms with Gasteiger partial charge in [0.25, 0.3) is 15.9 Å². The van der Waals surface area contributed by atoms with Gasteiger partial charge in [0.2, 0.25) is 5.03 Å². The Morgan fingerprint density at radius 2 is 1.77 bits per heavy atom. The molecule has 0 bridgehead atoms. The van der Waals surface area contributed by atoms with Gasteiger partial charge in [-0.2, -0.15) is 0 Å². The van der Waals surface area contributed by atoms with Crippen molar-refractivity contribution in [1.29, 1.82) is 0 Å². The molecule has 4 N–H and O–H groups in total. The summed E-state index contributed by atoms with van der Waals surface area (Å²) in [6, 6.07) is 6.38. The maximum absolute atomic E-state index is 15.3. The zero-order valence-electron chi connectivity index (χ0n) is 21.0. The SMILES string of the molecule is CC1(NS(=O)(=O)c2nccc(Cc3cc(C(N)=O)c(Nc4ccc(C5CC5)cc4F)c(F)c3F)c2F)CCC1. The molecule has 2 saturated carbocycles. The van der Waals surface area contributed by atoms with E-state index in [1.165, 1.54) is 12.1 Å². The lowest BCUT2D eigenvalue weighted by Crippen LogP contribution is -2.51. The van der Waals surface area contributed by atoms with E-state index in [2.05, 4.69) is 15.0 Å². The molecule has 206 valence electrons. The van der Waals surface area contributed by atoms with Gasteiger partial charge in [-0.3, -0.25) is 4.79 Å². The number of carbonyl (C=O) groups is 1. The first-order valence-corrected chi connectivity index (χ1v) is 13.9. The van der Waals surface area contributed by atoms with Crippen molar-refractivity contribution in [1.82, 2.24) is 9.71 Å². The lowest BCUT2D eigenvalue weighted by Gasteiger charge is -2.38. The van der Waals surface area contributed by atoms with Crippen LogP contribution in [0.2, 0.25) is 0 Å². The molecule has 2 aliphatic carbocycles. The first-order valence-electron chi connectivity index (χ1n) is 12.4. The van der Waals surface area contributed by atoms with Crippen LogP contribution < -0.4 is 15.8 Å². The highest BCUT2D eigenvalue weighted by Gasteiger charge is 2.38. The molecule has 1 aromatic heterocycles. The second kappa shape index (κ2) is 9.91. The fraction of sp³-hybridized carbons (Fsp3) is 0.333. The molecule has 0 aliphatic heterocycles. The third kappa shape index (κ3) is 5.35. The van der Waals surface area contributed by atoms with E-state index in [9.17, 15) is 17.6 Å². The lowest BCUT2D eigenvalue weighted by atomic mass is 9.80. The highest BCUT2D eigenvalue weighted by molar-refractivity contribution is 7.89. The van der Waals surface area contributed by atoms with E-state index in [0.29, 0.717) is 12.8 Å². The number of nitrogens with one attached hydrogen (secondary N) is 2. The highest BCUT2D eigenvalue weighted by atomic mass is 32.2. The number of hydrogen-bond donors (Lipinski definition) is 3. The van der Waals surface area contributed by atoms with Crippen LogP contribution >= 0.6 is 0 Å². The van der Waals surface area contributed by atoms with Gasteiger partial charge in [0, 0.05) is 18.2 Å². The average molecular weight is 563 g/mol. The van der Waals surface area contributed by atoms with Crippen molar-refractivity contribution < 1.29 is 30.8 Å². The Labute approximate surface area is 222 Å². The summed E-state index contributed by atoms with van der Waals surface area (Å²) in [5, 5.41) is 1.55. The number of anilines is 2. The minimum Gasteiger partial charge on any atom is -0.366 e. The van der Waals surface area contributed by atoms with Gasteiger partial charge in [0.05, 0.1) is 16.9 Å². The monoisotopic (exact) mass is 562 g/mol. The number of nitrogens with two attached hydrogens (primary N) is 1. The second-order valence-electron chi connectivity index (χ2n) is 10.4. The summed E-state index contributed by atoms with van der Waals surface area (Å²) in [4.78, 5) is 15.8. The molecule has 5 rings (SSSR count). The van der Waals surface area contributed by atoms with Crippen LogP contribution in [-0.2, 0) is 16.4 Å².